The monoisotopic (exact) mass is 453 g/mol. The Morgan fingerprint density at radius 2 is 1.66 bits per heavy atom. The van der Waals surface area contributed by atoms with Gasteiger partial charge in [-0.25, -0.2) is 22.8 Å². The van der Waals surface area contributed by atoms with Gasteiger partial charge in [0.15, 0.2) is 24.1 Å². The number of carbonyl (C=O) groups excluding carboxylic acids is 4. The third kappa shape index (κ3) is 7.00. The fourth-order valence-electron chi connectivity index (χ4n) is 2.27. The maximum Gasteiger partial charge on any atom is 0.411 e. The number of hydrogen-bond donors (Lipinski definition) is 3. The van der Waals surface area contributed by atoms with Crippen LogP contribution in [0.4, 0.5) is 29.3 Å². The molecule has 3 N–H and O–H groups in total. The highest BCUT2D eigenvalue weighted by Gasteiger charge is 2.16. The summed E-state index contributed by atoms with van der Waals surface area (Å²) in [7, 11) is 0. The van der Waals surface area contributed by atoms with Crippen LogP contribution in [-0.4, -0.2) is 43.6 Å². The van der Waals surface area contributed by atoms with E-state index in [1.54, 1.807) is 6.92 Å². The number of ether oxygens (including phenoxy) is 2. The quantitative estimate of drug-likeness (QED) is 0.417. The van der Waals surface area contributed by atoms with Crippen LogP contribution in [0, 0.1) is 17.5 Å². The molecule has 0 aromatic heterocycles. The van der Waals surface area contributed by atoms with E-state index in [-0.39, 0.29) is 17.9 Å². The van der Waals surface area contributed by atoms with Crippen LogP contribution in [0.2, 0.25) is 0 Å². The molecule has 0 saturated heterocycles. The highest BCUT2D eigenvalue weighted by molar-refractivity contribution is 5.96. The number of rotatable bonds is 8. The Morgan fingerprint density at radius 3 is 2.38 bits per heavy atom. The predicted molar refractivity (Wildman–Crippen MR) is 105 cm³/mol. The summed E-state index contributed by atoms with van der Waals surface area (Å²) in [6.07, 6.45) is -0.709. The molecule has 0 spiro atoms. The largest absolute Gasteiger partial charge is 0.452 e. The van der Waals surface area contributed by atoms with Gasteiger partial charge in [-0.1, -0.05) is 6.07 Å². The highest BCUT2D eigenvalue weighted by atomic mass is 19.2. The molecule has 0 bridgehead atoms. The molecule has 32 heavy (non-hydrogen) atoms. The molecule has 0 aliphatic heterocycles. The third-order valence-corrected chi connectivity index (χ3v) is 3.71. The number of nitrogens with one attached hydrogen (secondary N) is 3. The molecule has 0 radical (unpaired) electrons. The standard InChI is InChI=1S/C20H18F3N3O6/c1-2-31-20(30)25-12-5-3-4-11(8-12)19(29)32-10-16(28)24-9-15(27)26-14-7-6-13(21)17(22)18(14)23/h3-8H,2,9-10H2,1H3,(H,24,28)(H,25,30)(H,26,27). The number of carbonyl (C=O) groups is 4. The van der Waals surface area contributed by atoms with Crippen molar-refractivity contribution < 1.29 is 41.8 Å². The van der Waals surface area contributed by atoms with Gasteiger partial charge in [0, 0.05) is 5.69 Å². The summed E-state index contributed by atoms with van der Waals surface area (Å²) < 4.78 is 49.1. The van der Waals surface area contributed by atoms with Crippen molar-refractivity contribution >= 4 is 35.3 Å². The van der Waals surface area contributed by atoms with Gasteiger partial charge in [0.1, 0.15) is 0 Å². The Bertz CT molecular complexity index is 1030. The van der Waals surface area contributed by atoms with Gasteiger partial charge < -0.3 is 20.1 Å². The molecule has 0 aliphatic rings. The van der Waals surface area contributed by atoms with Gasteiger partial charge in [-0.3, -0.25) is 14.9 Å². The lowest BCUT2D eigenvalue weighted by molar-refractivity contribution is -0.126. The Balaban J connectivity index is 1.80. The van der Waals surface area contributed by atoms with Gasteiger partial charge >= 0.3 is 12.1 Å². The van der Waals surface area contributed by atoms with E-state index in [1.165, 1.54) is 24.3 Å². The molecule has 3 amide bonds. The summed E-state index contributed by atoms with van der Waals surface area (Å²) in [5.41, 5.74) is -0.298. The first-order valence-corrected chi connectivity index (χ1v) is 9.12. The van der Waals surface area contributed by atoms with Crippen molar-refractivity contribution in [2.45, 2.75) is 6.92 Å². The number of anilines is 2. The second-order valence-electron chi connectivity index (χ2n) is 6.05. The lowest BCUT2D eigenvalue weighted by Crippen LogP contribution is -2.35. The molecule has 12 heteroatoms. The average molecular weight is 453 g/mol. The van der Waals surface area contributed by atoms with E-state index in [4.69, 9.17) is 9.47 Å². The van der Waals surface area contributed by atoms with Crippen LogP contribution in [-0.2, 0) is 19.1 Å². The number of esters is 1. The zero-order valence-electron chi connectivity index (χ0n) is 16.7. The van der Waals surface area contributed by atoms with Gasteiger partial charge in [0.2, 0.25) is 5.91 Å². The van der Waals surface area contributed by atoms with Crippen molar-refractivity contribution in [3.8, 4) is 0 Å². The maximum atomic E-state index is 13.5. The van der Waals surface area contributed by atoms with E-state index in [0.717, 1.165) is 6.07 Å². The maximum absolute atomic E-state index is 13.5. The van der Waals surface area contributed by atoms with Gasteiger partial charge in [0.25, 0.3) is 5.91 Å². The molecule has 0 heterocycles. The normalized spacial score (nSPS) is 10.1. The van der Waals surface area contributed by atoms with Crippen LogP contribution < -0.4 is 16.0 Å². The zero-order valence-corrected chi connectivity index (χ0v) is 16.7. The van der Waals surface area contributed by atoms with Crippen LogP contribution >= 0.6 is 0 Å². The van der Waals surface area contributed by atoms with Gasteiger partial charge in [-0.05, 0) is 37.3 Å². The SMILES string of the molecule is CCOC(=O)Nc1cccc(C(=O)OCC(=O)NCC(=O)Nc2ccc(F)c(F)c2F)c1. The molecule has 0 unspecified atom stereocenters. The lowest BCUT2D eigenvalue weighted by atomic mass is 10.2. The van der Waals surface area contributed by atoms with E-state index in [2.05, 4.69) is 10.6 Å². The van der Waals surface area contributed by atoms with Crippen molar-refractivity contribution in [1.82, 2.24) is 5.32 Å². The lowest BCUT2D eigenvalue weighted by Gasteiger charge is -2.09. The van der Waals surface area contributed by atoms with E-state index >= 15 is 0 Å². The van der Waals surface area contributed by atoms with Crippen molar-refractivity contribution in [2.75, 3.05) is 30.4 Å². The average Bonchev–Trinajstić information content (AvgIpc) is 2.76. The molecule has 0 atom stereocenters. The Kier molecular flexibility index (Phi) is 8.57. The van der Waals surface area contributed by atoms with Crippen LogP contribution in [0.1, 0.15) is 17.3 Å². The van der Waals surface area contributed by atoms with E-state index in [1.807, 2.05) is 5.32 Å². The second-order valence-corrected chi connectivity index (χ2v) is 6.05. The first-order valence-electron chi connectivity index (χ1n) is 9.12. The number of hydrogen-bond acceptors (Lipinski definition) is 6. The second kappa shape index (κ2) is 11.3. The minimum atomic E-state index is -1.75. The van der Waals surface area contributed by atoms with E-state index in [9.17, 15) is 32.3 Å². The van der Waals surface area contributed by atoms with Crippen LogP contribution in [0.25, 0.3) is 0 Å². The van der Waals surface area contributed by atoms with Crippen molar-refractivity contribution in [3.63, 3.8) is 0 Å². The number of halogens is 3. The summed E-state index contributed by atoms with van der Waals surface area (Å²) in [6.45, 7) is 0.411. The molecule has 0 saturated carbocycles. The summed E-state index contributed by atoms with van der Waals surface area (Å²) >= 11 is 0. The molecule has 2 aromatic rings. The van der Waals surface area contributed by atoms with E-state index < -0.39 is 60.2 Å². The Morgan fingerprint density at radius 1 is 0.906 bits per heavy atom. The molecule has 0 fully saturated rings. The Hall–Kier alpha value is -4.09. The molecule has 9 nitrogen and oxygen atoms in total. The summed E-state index contributed by atoms with van der Waals surface area (Å²) in [5, 5.41) is 6.48. The molecule has 170 valence electrons. The van der Waals surface area contributed by atoms with Gasteiger partial charge in [-0.15, -0.1) is 0 Å². The molecular weight excluding hydrogens is 435 g/mol. The fraction of sp³-hybridized carbons (Fsp3) is 0.200. The molecular formula is C20H18F3N3O6. The van der Waals surface area contributed by atoms with Gasteiger partial charge in [0.05, 0.1) is 24.4 Å². The minimum absolute atomic E-state index is 0.0404. The molecule has 2 aromatic carbocycles. The topological polar surface area (TPSA) is 123 Å². The summed E-state index contributed by atoms with van der Waals surface area (Å²) in [4.78, 5) is 47.0. The first-order chi connectivity index (χ1) is 15.2. The van der Waals surface area contributed by atoms with Crippen LogP contribution in [0.5, 0.6) is 0 Å². The van der Waals surface area contributed by atoms with Crippen molar-refractivity contribution in [3.05, 3.63) is 59.4 Å². The minimum Gasteiger partial charge on any atom is -0.452 e. The number of benzene rings is 2. The predicted octanol–water partition coefficient (Wildman–Crippen LogP) is 2.58. The third-order valence-electron chi connectivity index (χ3n) is 3.71. The molecule has 2 rings (SSSR count). The number of amides is 3. The fourth-order valence-corrected chi connectivity index (χ4v) is 2.27. The van der Waals surface area contributed by atoms with Gasteiger partial charge in [-0.2, -0.15) is 0 Å². The summed E-state index contributed by atoms with van der Waals surface area (Å²) in [6, 6.07) is 7.12. The van der Waals surface area contributed by atoms with Crippen molar-refractivity contribution in [1.29, 1.82) is 0 Å². The highest BCUT2D eigenvalue weighted by Crippen LogP contribution is 2.19. The zero-order chi connectivity index (χ0) is 23.7. The van der Waals surface area contributed by atoms with Crippen LogP contribution in [0.3, 0.4) is 0 Å². The van der Waals surface area contributed by atoms with E-state index in [0.29, 0.717) is 6.07 Å². The first kappa shape index (κ1) is 24.2. The smallest absolute Gasteiger partial charge is 0.411 e. The summed E-state index contributed by atoms with van der Waals surface area (Å²) in [5.74, 6) is -7.40. The Labute approximate surface area is 179 Å². The van der Waals surface area contributed by atoms with Crippen LogP contribution in [0.15, 0.2) is 36.4 Å². The molecule has 0 aliphatic carbocycles. The van der Waals surface area contributed by atoms with Crippen molar-refractivity contribution in [2.24, 2.45) is 0 Å².